The lowest BCUT2D eigenvalue weighted by Crippen LogP contribution is -2.52. The molecular weight excluding hydrogens is 536 g/mol. The molecule has 3 aromatic rings. The molecule has 0 fully saturated rings. The summed E-state index contributed by atoms with van der Waals surface area (Å²) in [5.41, 5.74) is 2.54. The van der Waals surface area contributed by atoms with E-state index in [0.29, 0.717) is 31.1 Å². The number of aliphatic carboxylic acids is 1. The number of hydrogen-bond acceptors (Lipinski definition) is 7. The van der Waals surface area contributed by atoms with E-state index in [0.717, 1.165) is 16.7 Å². The van der Waals surface area contributed by atoms with Gasteiger partial charge in [-0.25, -0.2) is 4.79 Å². The first-order valence-corrected chi connectivity index (χ1v) is 13.9. The number of esters is 1. The molecule has 9 nitrogen and oxygen atoms in total. The van der Waals surface area contributed by atoms with Crippen LogP contribution in [0, 0.1) is 0 Å². The fourth-order valence-corrected chi connectivity index (χ4v) is 4.54. The van der Waals surface area contributed by atoms with Gasteiger partial charge in [0.25, 0.3) is 0 Å². The van der Waals surface area contributed by atoms with Crippen molar-refractivity contribution in [3.63, 3.8) is 0 Å². The third-order valence-corrected chi connectivity index (χ3v) is 7.10. The highest BCUT2D eigenvalue weighted by Gasteiger charge is 2.29. The second-order valence-corrected chi connectivity index (χ2v) is 10.7. The first-order valence-electron chi connectivity index (χ1n) is 13.9. The molecule has 42 heavy (non-hydrogen) atoms. The molecule has 0 aliphatic heterocycles. The minimum Gasteiger partial charge on any atom is -0.493 e. The first kappa shape index (κ1) is 32.1. The van der Waals surface area contributed by atoms with Crippen LogP contribution in [-0.2, 0) is 37.6 Å². The largest absolute Gasteiger partial charge is 0.493 e. The van der Waals surface area contributed by atoms with E-state index in [1.54, 1.807) is 7.11 Å². The number of carbonyl (C=O) groups excluding carboxylic acids is 2. The Morgan fingerprint density at radius 3 is 2.10 bits per heavy atom. The molecule has 3 rings (SSSR count). The fourth-order valence-electron chi connectivity index (χ4n) is 4.54. The van der Waals surface area contributed by atoms with Crippen LogP contribution in [0.5, 0.6) is 11.5 Å². The van der Waals surface area contributed by atoms with E-state index in [1.165, 1.54) is 7.11 Å². The number of amides is 1. The van der Waals surface area contributed by atoms with Gasteiger partial charge in [0.05, 0.1) is 26.7 Å². The molecule has 3 N–H and O–H groups in total. The number of nitrogens with one attached hydrogen (secondary N) is 2. The Kier molecular flexibility index (Phi) is 11.9. The average Bonchev–Trinajstić information content (AvgIpc) is 2.99. The van der Waals surface area contributed by atoms with Crippen molar-refractivity contribution in [3.05, 3.63) is 95.6 Å². The Balaban J connectivity index is 1.64. The average molecular weight is 577 g/mol. The van der Waals surface area contributed by atoms with Gasteiger partial charge in [0.1, 0.15) is 12.6 Å². The minimum atomic E-state index is -1.13. The Morgan fingerprint density at radius 2 is 1.50 bits per heavy atom. The third-order valence-electron chi connectivity index (χ3n) is 7.10. The predicted octanol–water partition coefficient (Wildman–Crippen LogP) is 4.28. The molecule has 224 valence electrons. The molecule has 0 aromatic heterocycles. The number of carboxylic acids is 1. The van der Waals surface area contributed by atoms with Gasteiger partial charge in [-0.05, 0) is 47.2 Å². The summed E-state index contributed by atoms with van der Waals surface area (Å²) >= 11 is 0. The van der Waals surface area contributed by atoms with Crippen LogP contribution in [0.2, 0.25) is 0 Å². The van der Waals surface area contributed by atoms with Gasteiger partial charge in [-0.15, -0.1) is 0 Å². The van der Waals surface area contributed by atoms with Crippen LogP contribution in [0.1, 0.15) is 43.4 Å². The molecule has 3 aromatic carbocycles. The van der Waals surface area contributed by atoms with Crippen molar-refractivity contribution in [2.24, 2.45) is 0 Å². The van der Waals surface area contributed by atoms with E-state index in [-0.39, 0.29) is 11.8 Å². The highest BCUT2D eigenvalue weighted by atomic mass is 16.5. The van der Waals surface area contributed by atoms with Gasteiger partial charge in [-0.3, -0.25) is 9.59 Å². The molecule has 0 radical (unpaired) electrons. The Bertz CT molecular complexity index is 1310. The minimum absolute atomic E-state index is 0.221. The van der Waals surface area contributed by atoms with E-state index in [2.05, 4.69) is 24.5 Å². The summed E-state index contributed by atoms with van der Waals surface area (Å²) < 4.78 is 16.5. The number of rotatable bonds is 16. The van der Waals surface area contributed by atoms with Crippen LogP contribution in [0.4, 0.5) is 0 Å². The number of carboxylic acid groups (broad SMARTS) is 1. The molecule has 0 aliphatic carbocycles. The Morgan fingerprint density at radius 1 is 0.857 bits per heavy atom. The van der Waals surface area contributed by atoms with Crippen molar-refractivity contribution in [2.45, 2.75) is 57.2 Å². The zero-order chi connectivity index (χ0) is 30.5. The van der Waals surface area contributed by atoms with Crippen LogP contribution < -0.4 is 20.1 Å². The van der Waals surface area contributed by atoms with E-state index in [4.69, 9.17) is 14.2 Å². The maximum absolute atomic E-state index is 13.1. The SMILES string of the molecule is COC(=O)[C@H](Cc1ccccc1)NC(=O)[C@@H](CC(=O)O)NCCC(C)(C)c1ccc(OCc2ccccc2)c(OC)c1. The summed E-state index contributed by atoms with van der Waals surface area (Å²) in [6.07, 6.45) is 0.375. The van der Waals surface area contributed by atoms with Gasteiger partial charge in [0.2, 0.25) is 5.91 Å². The summed E-state index contributed by atoms with van der Waals surface area (Å²) in [6, 6.07) is 22.9. The lowest BCUT2D eigenvalue weighted by molar-refractivity contribution is -0.145. The smallest absolute Gasteiger partial charge is 0.328 e. The number of benzene rings is 3. The van der Waals surface area contributed by atoms with Crippen LogP contribution in [-0.4, -0.2) is 55.8 Å². The number of carbonyl (C=O) groups is 3. The zero-order valence-corrected chi connectivity index (χ0v) is 24.6. The second kappa shape index (κ2) is 15.6. The van der Waals surface area contributed by atoms with Crippen LogP contribution in [0.15, 0.2) is 78.9 Å². The maximum Gasteiger partial charge on any atom is 0.328 e. The summed E-state index contributed by atoms with van der Waals surface area (Å²) in [4.78, 5) is 37.1. The van der Waals surface area contributed by atoms with Crippen molar-refractivity contribution < 1.29 is 33.7 Å². The standard InChI is InChI=1S/C33H40N2O7/c1-33(2,25-15-16-28(29(20-25)40-3)42-22-24-13-9-6-10-14-24)17-18-34-26(21-30(36)37)31(38)35-27(32(39)41-4)19-23-11-7-5-8-12-23/h5-16,20,26-27,34H,17-19,21-22H2,1-4H3,(H,35,38)(H,36,37)/t26-,27+/m1/s1. The number of ether oxygens (including phenoxy) is 3. The molecule has 2 atom stereocenters. The lowest BCUT2D eigenvalue weighted by atomic mass is 9.81. The van der Waals surface area contributed by atoms with E-state index in [9.17, 15) is 19.5 Å². The third kappa shape index (κ3) is 9.62. The summed E-state index contributed by atoms with van der Waals surface area (Å²) in [7, 11) is 2.84. The van der Waals surface area contributed by atoms with Gasteiger partial charge in [0.15, 0.2) is 11.5 Å². The number of methoxy groups -OCH3 is 2. The molecule has 9 heteroatoms. The molecule has 0 unspecified atom stereocenters. The van der Waals surface area contributed by atoms with Crippen molar-refractivity contribution in [3.8, 4) is 11.5 Å². The first-order chi connectivity index (χ1) is 20.1. The van der Waals surface area contributed by atoms with Crippen molar-refractivity contribution >= 4 is 17.8 Å². The molecule has 0 heterocycles. The summed E-state index contributed by atoms with van der Waals surface area (Å²) in [5.74, 6) is -1.07. The fraction of sp³-hybridized carbons (Fsp3) is 0.364. The molecule has 0 bridgehead atoms. The normalized spacial score (nSPS) is 12.6. The van der Waals surface area contributed by atoms with E-state index in [1.807, 2.05) is 78.9 Å². The lowest BCUT2D eigenvalue weighted by Gasteiger charge is -2.28. The van der Waals surface area contributed by atoms with Gasteiger partial charge in [0, 0.05) is 6.42 Å². The molecule has 0 spiro atoms. The molecule has 0 aliphatic rings. The highest BCUT2D eigenvalue weighted by Crippen LogP contribution is 2.35. The Hall–Kier alpha value is -4.37. The molecule has 1 amide bonds. The quantitative estimate of drug-likeness (QED) is 0.216. The topological polar surface area (TPSA) is 123 Å². The zero-order valence-electron chi connectivity index (χ0n) is 24.6. The summed E-state index contributed by atoms with van der Waals surface area (Å²) in [6.45, 7) is 4.90. The van der Waals surface area contributed by atoms with Crippen molar-refractivity contribution in [1.29, 1.82) is 0 Å². The van der Waals surface area contributed by atoms with Crippen LogP contribution in [0.25, 0.3) is 0 Å². The van der Waals surface area contributed by atoms with Crippen LogP contribution >= 0.6 is 0 Å². The molecule has 0 saturated carbocycles. The molecular formula is C33H40N2O7. The monoisotopic (exact) mass is 576 g/mol. The summed E-state index contributed by atoms with van der Waals surface area (Å²) in [5, 5.41) is 15.2. The van der Waals surface area contributed by atoms with Gasteiger partial charge in [-0.1, -0.05) is 80.6 Å². The van der Waals surface area contributed by atoms with Gasteiger partial charge < -0.3 is 30.0 Å². The van der Waals surface area contributed by atoms with Gasteiger partial charge in [-0.2, -0.15) is 0 Å². The van der Waals surface area contributed by atoms with Crippen LogP contribution in [0.3, 0.4) is 0 Å². The Labute approximate surface area is 247 Å². The van der Waals surface area contributed by atoms with Crippen molar-refractivity contribution in [2.75, 3.05) is 20.8 Å². The van der Waals surface area contributed by atoms with E-state index < -0.39 is 36.4 Å². The highest BCUT2D eigenvalue weighted by molar-refractivity contribution is 5.90. The molecule has 0 saturated heterocycles. The predicted molar refractivity (Wildman–Crippen MR) is 160 cm³/mol. The van der Waals surface area contributed by atoms with Crippen molar-refractivity contribution in [1.82, 2.24) is 10.6 Å². The van der Waals surface area contributed by atoms with Gasteiger partial charge >= 0.3 is 11.9 Å². The maximum atomic E-state index is 13.1. The number of hydrogen-bond donors (Lipinski definition) is 3. The van der Waals surface area contributed by atoms with E-state index >= 15 is 0 Å². The second-order valence-electron chi connectivity index (χ2n) is 10.7.